The van der Waals surface area contributed by atoms with Crippen LogP contribution in [-0.2, 0) is 18.3 Å². The molecule has 1 atom stereocenters. The van der Waals surface area contributed by atoms with Crippen LogP contribution in [0, 0.1) is 19.7 Å². The molecule has 1 heterocycles. The average molecular weight is 391 g/mol. The molecule has 0 spiro atoms. The molecule has 0 aliphatic rings. The average Bonchev–Trinajstić information content (AvgIpc) is 2.99. The number of halogens is 1. The lowest BCUT2D eigenvalue weighted by Crippen LogP contribution is -2.39. The van der Waals surface area contributed by atoms with E-state index in [0.29, 0.717) is 31.3 Å². The van der Waals surface area contributed by atoms with Gasteiger partial charge in [-0.05, 0) is 51.3 Å². The number of hydrogen-bond donors (Lipinski definition) is 2. The zero-order valence-corrected chi connectivity index (χ0v) is 17.4. The minimum Gasteiger partial charge on any atom is -0.382 e. The predicted octanol–water partition coefficient (Wildman–Crippen LogP) is 2.79. The largest absolute Gasteiger partial charge is 0.382 e. The number of nitrogens with zero attached hydrogens (tertiary/aromatic N) is 4. The van der Waals surface area contributed by atoms with Gasteiger partial charge < -0.3 is 19.9 Å². The van der Waals surface area contributed by atoms with Crippen LogP contribution in [0.5, 0.6) is 0 Å². The first-order valence-corrected chi connectivity index (χ1v) is 9.65. The van der Waals surface area contributed by atoms with E-state index in [1.165, 1.54) is 0 Å². The summed E-state index contributed by atoms with van der Waals surface area (Å²) in [6.45, 7) is 10.1. The lowest BCUT2D eigenvalue weighted by molar-refractivity contribution is 0.145. The maximum atomic E-state index is 13.9. The lowest BCUT2D eigenvalue weighted by atomic mass is 10.1. The first-order chi connectivity index (χ1) is 13.4. The highest BCUT2D eigenvalue weighted by molar-refractivity contribution is 5.80. The Labute approximate surface area is 166 Å². The second-order valence-corrected chi connectivity index (χ2v) is 6.74. The van der Waals surface area contributed by atoms with Gasteiger partial charge in [-0.3, -0.25) is 0 Å². The molecule has 0 aliphatic carbocycles. The van der Waals surface area contributed by atoms with Crippen molar-refractivity contribution in [2.75, 3.05) is 19.8 Å². The highest BCUT2D eigenvalue weighted by atomic mass is 19.1. The lowest BCUT2D eigenvalue weighted by Gasteiger charge is -2.19. The summed E-state index contributed by atoms with van der Waals surface area (Å²) in [7, 11) is 1.92. The van der Waals surface area contributed by atoms with Gasteiger partial charge in [0.1, 0.15) is 18.2 Å². The van der Waals surface area contributed by atoms with Crippen molar-refractivity contribution in [1.29, 1.82) is 0 Å². The highest BCUT2D eigenvalue weighted by Crippen LogP contribution is 2.16. The number of rotatable bonds is 9. The summed E-state index contributed by atoms with van der Waals surface area (Å²) in [4.78, 5) is 4.63. The second-order valence-electron chi connectivity index (χ2n) is 6.74. The molecule has 0 amide bonds. The normalized spacial score (nSPS) is 12.9. The van der Waals surface area contributed by atoms with E-state index in [0.717, 1.165) is 30.2 Å². The van der Waals surface area contributed by atoms with E-state index in [9.17, 15) is 4.39 Å². The summed E-state index contributed by atoms with van der Waals surface area (Å²) in [5, 5.41) is 14.9. The summed E-state index contributed by atoms with van der Waals surface area (Å²) < 4.78 is 21.2. The number of guanidine groups is 1. The SMILES string of the molecule is CCOCCCNC(=NCc1nnc(C)n1C)NC(C)c1ccc(C)c(F)c1. The van der Waals surface area contributed by atoms with Crippen LogP contribution in [0.3, 0.4) is 0 Å². The van der Waals surface area contributed by atoms with Crippen molar-refractivity contribution in [1.82, 2.24) is 25.4 Å². The monoisotopic (exact) mass is 390 g/mol. The number of nitrogens with one attached hydrogen (secondary N) is 2. The molecule has 2 rings (SSSR count). The molecule has 0 radical (unpaired) electrons. The summed E-state index contributed by atoms with van der Waals surface area (Å²) in [5.74, 6) is 2.06. The predicted molar refractivity (Wildman–Crippen MR) is 109 cm³/mol. The molecular weight excluding hydrogens is 359 g/mol. The van der Waals surface area contributed by atoms with E-state index >= 15 is 0 Å². The molecule has 28 heavy (non-hydrogen) atoms. The fraction of sp³-hybridized carbons (Fsp3) is 0.550. The molecule has 0 saturated heterocycles. The van der Waals surface area contributed by atoms with Crippen LogP contribution in [-0.4, -0.2) is 40.5 Å². The molecule has 2 aromatic rings. The highest BCUT2D eigenvalue weighted by Gasteiger charge is 2.11. The van der Waals surface area contributed by atoms with Gasteiger partial charge in [-0.2, -0.15) is 0 Å². The molecule has 154 valence electrons. The van der Waals surface area contributed by atoms with Crippen molar-refractivity contribution in [2.24, 2.45) is 12.0 Å². The Kier molecular flexibility index (Phi) is 8.38. The number of ether oxygens (including phenoxy) is 1. The molecule has 2 N–H and O–H groups in total. The van der Waals surface area contributed by atoms with Gasteiger partial charge in [0.05, 0.1) is 6.04 Å². The molecule has 1 aromatic carbocycles. The quantitative estimate of drug-likeness (QED) is 0.391. The zero-order valence-electron chi connectivity index (χ0n) is 17.4. The maximum absolute atomic E-state index is 13.9. The molecule has 1 unspecified atom stereocenters. The summed E-state index contributed by atoms with van der Waals surface area (Å²) >= 11 is 0. The van der Waals surface area contributed by atoms with Gasteiger partial charge in [-0.25, -0.2) is 9.38 Å². The van der Waals surface area contributed by atoms with Crippen molar-refractivity contribution in [3.63, 3.8) is 0 Å². The standard InChI is InChI=1S/C20H31FN6O/c1-6-28-11-7-10-22-20(23-13-19-26-25-16(4)27(19)5)24-15(3)17-9-8-14(2)18(21)12-17/h8-9,12,15H,6-7,10-11,13H2,1-5H3,(H2,22,23,24). The molecule has 0 saturated carbocycles. The van der Waals surface area contributed by atoms with E-state index in [1.54, 1.807) is 19.1 Å². The van der Waals surface area contributed by atoms with Crippen LogP contribution in [0.15, 0.2) is 23.2 Å². The van der Waals surface area contributed by atoms with Gasteiger partial charge in [0, 0.05) is 26.8 Å². The van der Waals surface area contributed by atoms with Crippen molar-refractivity contribution in [3.8, 4) is 0 Å². The number of hydrogen-bond acceptors (Lipinski definition) is 4. The van der Waals surface area contributed by atoms with Crippen LogP contribution >= 0.6 is 0 Å². The fourth-order valence-corrected chi connectivity index (χ4v) is 2.58. The third-order valence-corrected chi connectivity index (χ3v) is 4.57. The molecule has 0 fully saturated rings. The van der Waals surface area contributed by atoms with Gasteiger partial charge >= 0.3 is 0 Å². The summed E-state index contributed by atoms with van der Waals surface area (Å²) in [6.07, 6.45) is 0.866. The Bertz CT molecular complexity index is 789. The van der Waals surface area contributed by atoms with Crippen LogP contribution < -0.4 is 10.6 Å². The summed E-state index contributed by atoms with van der Waals surface area (Å²) in [6, 6.07) is 5.17. The van der Waals surface area contributed by atoms with Crippen molar-refractivity contribution < 1.29 is 9.13 Å². The smallest absolute Gasteiger partial charge is 0.192 e. The first-order valence-electron chi connectivity index (χ1n) is 9.65. The molecule has 7 nitrogen and oxygen atoms in total. The molecule has 0 bridgehead atoms. The van der Waals surface area contributed by atoms with Crippen molar-refractivity contribution in [3.05, 3.63) is 46.8 Å². The fourth-order valence-electron chi connectivity index (χ4n) is 2.58. The van der Waals surface area contributed by atoms with E-state index in [2.05, 4.69) is 25.8 Å². The van der Waals surface area contributed by atoms with Gasteiger partial charge in [-0.15, -0.1) is 10.2 Å². The molecular formula is C20H31FN6O. The Morgan fingerprint density at radius 2 is 2.11 bits per heavy atom. The van der Waals surface area contributed by atoms with Crippen LogP contribution in [0.25, 0.3) is 0 Å². The Hall–Kier alpha value is -2.48. The van der Waals surface area contributed by atoms with Crippen molar-refractivity contribution in [2.45, 2.75) is 46.7 Å². The molecule has 8 heteroatoms. The Balaban J connectivity index is 2.06. The van der Waals surface area contributed by atoms with Crippen LogP contribution in [0.1, 0.15) is 49.1 Å². The molecule has 1 aromatic heterocycles. The first kappa shape index (κ1) is 21.8. The zero-order chi connectivity index (χ0) is 20.5. The third-order valence-electron chi connectivity index (χ3n) is 4.57. The van der Waals surface area contributed by atoms with Gasteiger partial charge in [0.25, 0.3) is 0 Å². The van der Waals surface area contributed by atoms with E-state index in [-0.39, 0.29) is 11.9 Å². The maximum Gasteiger partial charge on any atom is 0.192 e. The van der Waals surface area contributed by atoms with Gasteiger partial charge in [0.2, 0.25) is 0 Å². The van der Waals surface area contributed by atoms with Gasteiger partial charge in [-0.1, -0.05) is 12.1 Å². The van der Waals surface area contributed by atoms with E-state index in [1.807, 2.05) is 38.5 Å². The number of aliphatic imine (C=N–C) groups is 1. The number of aromatic nitrogens is 3. The minimum absolute atomic E-state index is 0.102. The molecule has 0 aliphatic heterocycles. The van der Waals surface area contributed by atoms with Crippen LogP contribution in [0.4, 0.5) is 4.39 Å². The topological polar surface area (TPSA) is 76.4 Å². The Morgan fingerprint density at radius 1 is 1.32 bits per heavy atom. The van der Waals surface area contributed by atoms with E-state index in [4.69, 9.17) is 4.74 Å². The third kappa shape index (κ3) is 6.30. The minimum atomic E-state index is -0.205. The number of aryl methyl sites for hydroxylation is 2. The summed E-state index contributed by atoms with van der Waals surface area (Å²) in [5.41, 5.74) is 1.50. The van der Waals surface area contributed by atoms with Crippen LogP contribution in [0.2, 0.25) is 0 Å². The second kappa shape index (κ2) is 10.8. The van der Waals surface area contributed by atoms with E-state index < -0.39 is 0 Å². The number of benzene rings is 1. The van der Waals surface area contributed by atoms with Gasteiger partial charge in [0.15, 0.2) is 11.8 Å². The van der Waals surface area contributed by atoms with Crippen molar-refractivity contribution >= 4 is 5.96 Å². The Morgan fingerprint density at radius 3 is 2.75 bits per heavy atom.